The number of hydrogen-bond donors (Lipinski definition) is 0. The van der Waals surface area contributed by atoms with E-state index in [9.17, 15) is 14.9 Å². The van der Waals surface area contributed by atoms with Gasteiger partial charge in [0, 0.05) is 19.1 Å². The summed E-state index contributed by atoms with van der Waals surface area (Å²) in [6.07, 6.45) is 1.54. The molecule has 0 radical (unpaired) electrons. The largest absolute Gasteiger partial charge is 0.463 e. The number of rotatable bonds is 6. The number of carbonyl (C=O) groups excluding carboxylic acids is 1. The number of esters is 1. The minimum absolute atomic E-state index is 0.0991. The van der Waals surface area contributed by atoms with Crippen LogP contribution in [0, 0.1) is 10.1 Å². The Bertz CT molecular complexity index is 441. The lowest BCUT2D eigenvalue weighted by Crippen LogP contribution is -2.13. The van der Waals surface area contributed by atoms with E-state index in [1.807, 2.05) is 6.92 Å². The van der Waals surface area contributed by atoms with E-state index in [0.29, 0.717) is 0 Å². The van der Waals surface area contributed by atoms with Gasteiger partial charge >= 0.3 is 5.97 Å². The molecule has 19 heavy (non-hydrogen) atoms. The van der Waals surface area contributed by atoms with Crippen molar-refractivity contribution in [3.63, 3.8) is 0 Å². The molecule has 0 aliphatic rings. The average molecular weight is 265 g/mol. The second-order valence-electron chi connectivity index (χ2n) is 4.75. The lowest BCUT2D eigenvalue weighted by molar-refractivity contribution is -0.384. The number of non-ortho nitro benzene ring substituents is 1. The molecule has 0 spiro atoms. The molecule has 0 saturated carbocycles. The number of hydrogen-bond acceptors (Lipinski definition) is 4. The van der Waals surface area contributed by atoms with Crippen molar-refractivity contribution in [2.45, 2.75) is 45.6 Å². The van der Waals surface area contributed by atoms with Gasteiger partial charge in [0.1, 0.15) is 0 Å². The summed E-state index contributed by atoms with van der Waals surface area (Å²) in [4.78, 5) is 20.9. The van der Waals surface area contributed by atoms with E-state index in [-0.39, 0.29) is 23.7 Å². The molecule has 2 atom stereocenters. The fraction of sp³-hybridized carbons (Fsp3) is 0.500. The van der Waals surface area contributed by atoms with Gasteiger partial charge in [0.15, 0.2) is 0 Å². The molecule has 1 aromatic rings. The van der Waals surface area contributed by atoms with Gasteiger partial charge in [-0.05, 0) is 31.2 Å². The van der Waals surface area contributed by atoms with Gasteiger partial charge in [-0.3, -0.25) is 14.9 Å². The molecule has 0 aromatic heterocycles. The fourth-order valence-electron chi connectivity index (χ4n) is 1.92. The maximum absolute atomic E-state index is 10.8. The first-order valence-corrected chi connectivity index (χ1v) is 6.31. The zero-order valence-electron chi connectivity index (χ0n) is 11.5. The first-order chi connectivity index (χ1) is 8.90. The van der Waals surface area contributed by atoms with Crippen LogP contribution in [0.25, 0.3) is 0 Å². The summed E-state index contributed by atoms with van der Waals surface area (Å²) >= 11 is 0. The standard InChI is InChI=1S/C14H19NO4/c1-10(4-5-11(2)19-12(3)16)13-6-8-14(9-7-13)15(17)18/h6-11H,4-5H2,1-3H3. The highest BCUT2D eigenvalue weighted by molar-refractivity contribution is 5.66. The minimum atomic E-state index is -0.406. The highest BCUT2D eigenvalue weighted by Crippen LogP contribution is 2.24. The third kappa shape index (κ3) is 5.07. The molecule has 0 bridgehead atoms. The van der Waals surface area contributed by atoms with Gasteiger partial charge in [-0.2, -0.15) is 0 Å². The predicted molar refractivity (Wildman–Crippen MR) is 72.0 cm³/mol. The van der Waals surface area contributed by atoms with Crippen molar-refractivity contribution in [3.05, 3.63) is 39.9 Å². The Morgan fingerprint density at radius 1 is 1.26 bits per heavy atom. The van der Waals surface area contributed by atoms with E-state index in [1.54, 1.807) is 12.1 Å². The molecule has 0 N–H and O–H groups in total. The summed E-state index contributed by atoms with van der Waals surface area (Å²) in [5.41, 5.74) is 1.16. The lowest BCUT2D eigenvalue weighted by atomic mass is 9.95. The van der Waals surface area contributed by atoms with Gasteiger partial charge in [-0.25, -0.2) is 0 Å². The number of nitro groups is 1. The van der Waals surface area contributed by atoms with Gasteiger partial charge in [0.25, 0.3) is 5.69 Å². The fourth-order valence-corrected chi connectivity index (χ4v) is 1.92. The van der Waals surface area contributed by atoms with E-state index >= 15 is 0 Å². The molecule has 104 valence electrons. The van der Waals surface area contributed by atoms with Crippen LogP contribution in [-0.4, -0.2) is 17.0 Å². The summed E-state index contributed by atoms with van der Waals surface area (Å²) in [5, 5.41) is 10.6. The van der Waals surface area contributed by atoms with Crippen LogP contribution in [0.15, 0.2) is 24.3 Å². The monoisotopic (exact) mass is 265 g/mol. The summed E-state index contributed by atoms with van der Waals surface area (Å²) < 4.78 is 5.06. The maximum atomic E-state index is 10.8. The van der Waals surface area contributed by atoms with E-state index in [0.717, 1.165) is 18.4 Å². The van der Waals surface area contributed by atoms with Crippen LogP contribution in [0.3, 0.4) is 0 Å². The Kier molecular flexibility index (Phi) is 5.48. The molecule has 1 rings (SSSR count). The van der Waals surface area contributed by atoms with Crippen LogP contribution >= 0.6 is 0 Å². The first kappa shape index (κ1) is 15.1. The zero-order valence-corrected chi connectivity index (χ0v) is 11.5. The van der Waals surface area contributed by atoms with Crippen LogP contribution < -0.4 is 0 Å². The van der Waals surface area contributed by atoms with Gasteiger partial charge in [0.2, 0.25) is 0 Å². The molecule has 5 nitrogen and oxygen atoms in total. The molecule has 0 heterocycles. The van der Waals surface area contributed by atoms with Crippen LogP contribution in [0.2, 0.25) is 0 Å². The lowest BCUT2D eigenvalue weighted by Gasteiger charge is -2.15. The number of nitro benzene ring substituents is 1. The molecule has 0 aliphatic carbocycles. The van der Waals surface area contributed by atoms with Crippen molar-refractivity contribution < 1.29 is 14.5 Å². The van der Waals surface area contributed by atoms with Crippen LogP contribution in [-0.2, 0) is 9.53 Å². The molecule has 0 saturated heterocycles. The molecular formula is C14H19NO4. The topological polar surface area (TPSA) is 69.4 Å². The quantitative estimate of drug-likeness (QED) is 0.449. The van der Waals surface area contributed by atoms with Crippen LogP contribution in [0.1, 0.15) is 45.1 Å². The Morgan fingerprint density at radius 2 is 1.84 bits per heavy atom. The van der Waals surface area contributed by atoms with Gasteiger partial charge in [0.05, 0.1) is 11.0 Å². The highest BCUT2D eigenvalue weighted by Gasteiger charge is 2.12. The third-order valence-electron chi connectivity index (χ3n) is 3.05. The maximum Gasteiger partial charge on any atom is 0.302 e. The van der Waals surface area contributed by atoms with Crippen molar-refractivity contribution in [2.75, 3.05) is 0 Å². The third-order valence-corrected chi connectivity index (χ3v) is 3.05. The number of ether oxygens (including phenoxy) is 1. The van der Waals surface area contributed by atoms with Crippen molar-refractivity contribution in [1.82, 2.24) is 0 Å². The first-order valence-electron chi connectivity index (χ1n) is 6.31. The smallest absolute Gasteiger partial charge is 0.302 e. The Morgan fingerprint density at radius 3 is 2.32 bits per heavy atom. The van der Waals surface area contributed by atoms with Crippen molar-refractivity contribution in [3.8, 4) is 0 Å². The molecular weight excluding hydrogens is 246 g/mol. The number of nitrogens with zero attached hydrogens (tertiary/aromatic N) is 1. The normalized spacial score (nSPS) is 13.6. The summed E-state index contributed by atoms with van der Waals surface area (Å²) in [7, 11) is 0. The molecule has 2 unspecified atom stereocenters. The SMILES string of the molecule is CC(=O)OC(C)CCC(C)c1ccc([N+](=O)[O-])cc1. The Balaban J connectivity index is 2.51. The van der Waals surface area contributed by atoms with Gasteiger partial charge in [-0.15, -0.1) is 0 Å². The van der Waals surface area contributed by atoms with E-state index < -0.39 is 4.92 Å². The summed E-state index contributed by atoms with van der Waals surface area (Å²) in [6.45, 7) is 5.32. The van der Waals surface area contributed by atoms with Crippen molar-refractivity contribution in [2.24, 2.45) is 0 Å². The molecule has 1 aromatic carbocycles. The van der Waals surface area contributed by atoms with Crippen LogP contribution in [0.4, 0.5) is 5.69 Å². The van der Waals surface area contributed by atoms with Crippen molar-refractivity contribution >= 4 is 11.7 Å². The molecule has 0 amide bonds. The van der Waals surface area contributed by atoms with Gasteiger partial charge < -0.3 is 4.74 Å². The highest BCUT2D eigenvalue weighted by atomic mass is 16.6. The van der Waals surface area contributed by atoms with Crippen molar-refractivity contribution in [1.29, 1.82) is 0 Å². The molecule has 5 heteroatoms. The van der Waals surface area contributed by atoms with E-state index in [1.165, 1.54) is 19.1 Å². The second kappa shape index (κ2) is 6.87. The van der Waals surface area contributed by atoms with E-state index in [4.69, 9.17) is 4.74 Å². The minimum Gasteiger partial charge on any atom is -0.463 e. The number of carbonyl (C=O) groups is 1. The average Bonchev–Trinajstić information content (AvgIpc) is 2.35. The number of benzene rings is 1. The predicted octanol–water partition coefficient (Wildman–Crippen LogP) is 3.43. The summed E-state index contributed by atoms with van der Waals surface area (Å²) in [5.74, 6) is 0.00861. The zero-order chi connectivity index (χ0) is 14.4. The molecule has 0 fully saturated rings. The second-order valence-corrected chi connectivity index (χ2v) is 4.75. The molecule has 0 aliphatic heterocycles. The Labute approximate surface area is 112 Å². The Hall–Kier alpha value is -1.91. The van der Waals surface area contributed by atoms with E-state index in [2.05, 4.69) is 6.92 Å². The van der Waals surface area contributed by atoms with Gasteiger partial charge in [-0.1, -0.05) is 19.1 Å². The summed E-state index contributed by atoms with van der Waals surface area (Å²) in [6, 6.07) is 6.58. The van der Waals surface area contributed by atoms with Crippen LogP contribution in [0.5, 0.6) is 0 Å².